The van der Waals surface area contributed by atoms with Crippen molar-refractivity contribution in [2.24, 2.45) is 0 Å². The fourth-order valence-corrected chi connectivity index (χ4v) is 3.33. The Bertz CT molecular complexity index is 947. The summed E-state index contributed by atoms with van der Waals surface area (Å²) in [6, 6.07) is 5.72. The molecule has 0 aliphatic carbocycles. The molecule has 1 aliphatic rings. The van der Waals surface area contributed by atoms with Gasteiger partial charge in [-0.1, -0.05) is 0 Å². The van der Waals surface area contributed by atoms with E-state index in [9.17, 15) is 22.8 Å². The second kappa shape index (κ2) is 7.94. The van der Waals surface area contributed by atoms with Crippen LogP contribution in [0.5, 0.6) is 5.75 Å². The largest absolute Gasteiger partial charge is 0.573 e. The van der Waals surface area contributed by atoms with E-state index in [0.29, 0.717) is 6.54 Å². The molecule has 1 unspecified atom stereocenters. The van der Waals surface area contributed by atoms with Gasteiger partial charge in [-0.3, -0.25) is 9.78 Å². The predicted molar refractivity (Wildman–Crippen MR) is 103 cm³/mol. The second-order valence-electron chi connectivity index (χ2n) is 7.50. The summed E-state index contributed by atoms with van der Waals surface area (Å²) in [6.07, 6.45) is -1.24. The summed E-state index contributed by atoms with van der Waals surface area (Å²) in [4.78, 5) is 32.6. The van der Waals surface area contributed by atoms with Gasteiger partial charge in [-0.15, -0.1) is 13.2 Å². The SMILES string of the molecule is CN(C)Cc1cnccc1CC1(C)NC(=O)N(c2ccc(OC(F)(F)F)cc2)C1=O. The fourth-order valence-electron chi connectivity index (χ4n) is 3.33. The van der Waals surface area contributed by atoms with E-state index in [2.05, 4.69) is 15.0 Å². The number of halogens is 3. The van der Waals surface area contributed by atoms with Crippen LogP contribution in [-0.2, 0) is 17.8 Å². The first-order chi connectivity index (χ1) is 14.0. The van der Waals surface area contributed by atoms with Gasteiger partial charge in [0.15, 0.2) is 0 Å². The highest BCUT2D eigenvalue weighted by atomic mass is 19.4. The molecule has 1 fully saturated rings. The Morgan fingerprint density at radius 2 is 1.80 bits per heavy atom. The van der Waals surface area contributed by atoms with Crippen LogP contribution in [0, 0.1) is 0 Å². The lowest BCUT2D eigenvalue weighted by molar-refractivity contribution is -0.274. The van der Waals surface area contributed by atoms with Gasteiger partial charge in [-0.25, -0.2) is 9.69 Å². The average molecular weight is 422 g/mol. The van der Waals surface area contributed by atoms with E-state index in [1.165, 1.54) is 12.1 Å². The van der Waals surface area contributed by atoms with Crippen molar-refractivity contribution in [1.82, 2.24) is 15.2 Å². The number of nitrogens with one attached hydrogen (secondary N) is 1. The number of benzene rings is 1. The molecule has 1 saturated heterocycles. The minimum Gasteiger partial charge on any atom is -0.406 e. The van der Waals surface area contributed by atoms with Crippen molar-refractivity contribution < 1.29 is 27.5 Å². The van der Waals surface area contributed by atoms with E-state index in [1.807, 2.05) is 19.0 Å². The van der Waals surface area contributed by atoms with Gasteiger partial charge in [-0.2, -0.15) is 0 Å². The number of anilines is 1. The number of nitrogens with zero attached hydrogens (tertiary/aromatic N) is 3. The standard InChI is InChI=1S/C20H21F3N4O3/c1-19(10-13-8-9-24-11-14(13)12-26(2)3)17(28)27(18(29)25-19)15-4-6-16(7-5-15)30-20(21,22)23/h4-9,11H,10,12H2,1-3H3,(H,25,29). The smallest absolute Gasteiger partial charge is 0.406 e. The molecule has 2 heterocycles. The highest BCUT2D eigenvalue weighted by molar-refractivity contribution is 6.23. The van der Waals surface area contributed by atoms with Gasteiger partial charge in [0.05, 0.1) is 5.69 Å². The molecule has 10 heteroatoms. The van der Waals surface area contributed by atoms with Crippen LogP contribution < -0.4 is 15.0 Å². The molecule has 0 saturated carbocycles. The summed E-state index contributed by atoms with van der Waals surface area (Å²) < 4.78 is 40.8. The Morgan fingerprint density at radius 1 is 1.13 bits per heavy atom. The lowest BCUT2D eigenvalue weighted by atomic mass is 9.91. The number of imide groups is 1. The molecule has 1 N–H and O–H groups in total. The van der Waals surface area contributed by atoms with E-state index < -0.39 is 29.6 Å². The van der Waals surface area contributed by atoms with E-state index >= 15 is 0 Å². The average Bonchev–Trinajstić information content (AvgIpc) is 2.85. The summed E-state index contributed by atoms with van der Waals surface area (Å²) in [5.41, 5.74) is 0.739. The van der Waals surface area contributed by atoms with Crippen molar-refractivity contribution >= 4 is 17.6 Å². The van der Waals surface area contributed by atoms with Crippen LogP contribution in [0.1, 0.15) is 18.1 Å². The van der Waals surface area contributed by atoms with Crippen LogP contribution in [0.4, 0.5) is 23.7 Å². The molecule has 1 atom stereocenters. The normalized spacial score (nSPS) is 19.4. The third-order valence-corrected chi connectivity index (χ3v) is 4.62. The maximum atomic E-state index is 13.1. The molecule has 1 aliphatic heterocycles. The molecular weight excluding hydrogens is 401 g/mol. The van der Waals surface area contributed by atoms with Crippen molar-refractivity contribution in [3.63, 3.8) is 0 Å². The first kappa shape index (κ1) is 21.6. The van der Waals surface area contributed by atoms with Crippen molar-refractivity contribution in [3.8, 4) is 5.75 Å². The molecule has 160 valence electrons. The minimum absolute atomic E-state index is 0.152. The van der Waals surface area contributed by atoms with Crippen molar-refractivity contribution in [2.75, 3.05) is 19.0 Å². The second-order valence-corrected chi connectivity index (χ2v) is 7.50. The maximum Gasteiger partial charge on any atom is 0.573 e. The van der Waals surface area contributed by atoms with Gasteiger partial charge in [-0.05, 0) is 62.5 Å². The Kier molecular flexibility index (Phi) is 5.71. The summed E-state index contributed by atoms with van der Waals surface area (Å²) in [5, 5.41) is 2.70. The van der Waals surface area contributed by atoms with Crippen LogP contribution in [0.25, 0.3) is 0 Å². The number of amides is 3. The number of carbonyl (C=O) groups excluding carboxylic acids is 2. The first-order valence-electron chi connectivity index (χ1n) is 9.07. The van der Waals surface area contributed by atoms with Gasteiger partial charge in [0.1, 0.15) is 11.3 Å². The summed E-state index contributed by atoms with van der Waals surface area (Å²) in [5.74, 6) is -0.934. The van der Waals surface area contributed by atoms with Gasteiger partial charge >= 0.3 is 12.4 Å². The molecule has 7 nitrogen and oxygen atoms in total. The van der Waals surface area contributed by atoms with E-state index in [1.54, 1.807) is 25.4 Å². The maximum absolute atomic E-state index is 13.1. The molecule has 0 spiro atoms. The first-order valence-corrected chi connectivity index (χ1v) is 9.07. The van der Waals surface area contributed by atoms with Crippen molar-refractivity contribution in [3.05, 3.63) is 53.9 Å². The Morgan fingerprint density at radius 3 is 2.40 bits per heavy atom. The minimum atomic E-state index is -4.82. The number of carbonyl (C=O) groups is 2. The number of hydrogen-bond acceptors (Lipinski definition) is 5. The quantitative estimate of drug-likeness (QED) is 0.725. The molecule has 1 aromatic carbocycles. The molecule has 1 aromatic heterocycles. The van der Waals surface area contributed by atoms with Crippen LogP contribution in [-0.4, -0.2) is 47.8 Å². The Balaban J connectivity index is 1.82. The topological polar surface area (TPSA) is 74.8 Å². The van der Waals surface area contributed by atoms with Crippen LogP contribution in [0.15, 0.2) is 42.7 Å². The third kappa shape index (κ3) is 4.70. The highest BCUT2D eigenvalue weighted by Crippen LogP contribution is 2.30. The Hall–Kier alpha value is -3.14. The molecule has 30 heavy (non-hydrogen) atoms. The summed E-state index contributed by atoms with van der Waals surface area (Å²) >= 11 is 0. The van der Waals surface area contributed by atoms with Gasteiger partial charge in [0.25, 0.3) is 5.91 Å². The molecule has 2 aromatic rings. The van der Waals surface area contributed by atoms with E-state index in [-0.39, 0.29) is 12.1 Å². The highest BCUT2D eigenvalue weighted by Gasteiger charge is 2.48. The molecular formula is C20H21F3N4O3. The zero-order chi connectivity index (χ0) is 22.1. The lowest BCUT2D eigenvalue weighted by Gasteiger charge is -2.24. The zero-order valence-corrected chi connectivity index (χ0v) is 16.7. The molecule has 3 rings (SSSR count). The van der Waals surface area contributed by atoms with E-state index in [4.69, 9.17) is 0 Å². The number of ether oxygens (including phenoxy) is 1. The molecule has 0 radical (unpaired) electrons. The van der Waals surface area contributed by atoms with Crippen molar-refractivity contribution in [2.45, 2.75) is 31.8 Å². The van der Waals surface area contributed by atoms with Crippen molar-refractivity contribution in [1.29, 1.82) is 0 Å². The number of aromatic nitrogens is 1. The molecule has 3 amide bonds. The number of rotatable bonds is 6. The van der Waals surface area contributed by atoms with E-state index in [0.717, 1.165) is 28.2 Å². The van der Waals surface area contributed by atoms with Crippen LogP contribution >= 0.6 is 0 Å². The van der Waals surface area contributed by atoms with Gasteiger partial charge in [0.2, 0.25) is 0 Å². The number of hydrogen-bond donors (Lipinski definition) is 1. The number of urea groups is 1. The van der Waals surface area contributed by atoms with Gasteiger partial charge in [0, 0.05) is 25.4 Å². The lowest BCUT2D eigenvalue weighted by Crippen LogP contribution is -2.46. The van der Waals surface area contributed by atoms with Crippen LogP contribution in [0.3, 0.4) is 0 Å². The molecule has 0 bridgehead atoms. The summed E-state index contributed by atoms with van der Waals surface area (Å²) in [7, 11) is 3.82. The predicted octanol–water partition coefficient (Wildman–Crippen LogP) is 3.10. The summed E-state index contributed by atoms with van der Waals surface area (Å²) in [6.45, 7) is 2.24. The Labute approximate surface area is 171 Å². The number of pyridine rings is 1. The number of alkyl halides is 3. The van der Waals surface area contributed by atoms with Crippen LogP contribution in [0.2, 0.25) is 0 Å². The monoisotopic (exact) mass is 422 g/mol. The zero-order valence-electron chi connectivity index (χ0n) is 16.7. The third-order valence-electron chi connectivity index (χ3n) is 4.62. The fraction of sp³-hybridized carbons (Fsp3) is 0.350. The van der Waals surface area contributed by atoms with Gasteiger partial charge < -0.3 is 15.0 Å².